The molecule has 0 saturated heterocycles. The highest BCUT2D eigenvalue weighted by molar-refractivity contribution is 5.70. The lowest BCUT2D eigenvalue weighted by Crippen LogP contribution is -2.04. The summed E-state index contributed by atoms with van der Waals surface area (Å²) in [6.07, 6.45) is 5.05. The molecule has 4 bridgehead atoms. The number of hydrogen-bond acceptors (Lipinski definition) is 2. The Morgan fingerprint density at radius 1 is 0.684 bits per heavy atom. The van der Waals surface area contributed by atoms with Crippen molar-refractivity contribution < 1.29 is 9.47 Å². The zero-order valence-electron chi connectivity index (χ0n) is 10.7. The van der Waals surface area contributed by atoms with E-state index in [1.807, 2.05) is 24.3 Å². The van der Waals surface area contributed by atoms with Gasteiger partial charge in [-0.25, -0.2) is 0 Å². The van der Waals surface area contributed by atoms with Crippen molar-refractivity contribution in [3.63, 3.8) is 0 Å². The Bertz CT molecular complexity index is 536. The smallest absolute Gasteiger partial charge is 0.119 e. The van der Waals surface area contributed by atoms with Crippen LogP contribution in [0.3, 0.4) is 0 Å². The van der Waals surface area contributed by atoms with Crippen molar-refractivity contribution in [1.82, 2.24) is 0 Å². The van der Waals surface area contributed by atoms with Gasteiger partial charge in [-0.3, -0.25) is 0 Å². The van der Waals surface area contributed by atoms with Gasteiger partial charge in [0.25, 0.3) is 0 Å². The second-order valence-electron chi connectivity index (χ2n) is 4.53. The van der Waals surface area contributed by atoms with Crippen LogP contribution in [0.4, 0.5) is 0 Å². The average molecular weight is 252 g/mol. The van der Waals surface area contributed by atoms with Crippen molar-refractivity contribution >= 4 is 12.2 Å². The van der Waals surface area contributed by atoms with Gasteiger partial charge in [0.05, 0.1) is 13.2 Å². The quantitative estimate of drug-likeness (QED) is 0.705. The van der Waals surface area contributed by atoms with E-state index < -0.39 is 0 Å². The van der Waals surface area contributed by atoms with Gasteiger partial charge in [-0.1, -0.05) is 36.4 Å². The lowest BCUT2D eigenvalue weighted by atomic mass is 10.1. The van der Waals surface area contributed by atoms with E-state index in [1.54, 1.807) is 0 Å². The summed E-state index contributed by atoms with van der Waals surface area (Å²) in [5, 5.41) is 0. The summed E-state index contributed by atoms with van der Waals surface area (Å²) in [4.78, 5) is 0. The first-order valence-electron chi connectivity index (χ1n) is 6.54. The van der Waals surface area contributed by atoms with Crippen LogP contribution in [0.2, 0.25) is 0 Å². The lowest BCUT2D eigenvalue weighted by molar-refractivity contribution is 0.247. The number of rotatable bonds is 0. The summed E-state index contributed by atoms with van der Waals surface area (Å²) in [7, 11) is 0. The van der Waals surface area contributed by atoms with Crippen LogP contribution in [0.25, 0.3) is 12.2 Å². The molecule has 1 aliphatic rings. The van der Waals surface area contributed by atoms with E-state index in [2.05, 4.69) is 36.4 Å². The molecule has 0 N–H and O–H groups in total. The van der Waals surface area contributed by atoms with Gasteiger partial charge in [0.1, 0.15) is 11.5 Å². The molecule has 0 atom stereocenters. The molecule has 0 unspecified atom stereocenters. The van der Waals surface area contributed by atoms with E-state index in [9.17, 15) is 0 Å². The summed E-state index contributed by atoms with van der Waals surface area (Å²) in [6, 6.07) is 16.3. The van der Waals surface area contributed by atoms with Gasteiger partial charge in [-0.15, -0.1) is 0 Å². The van der Waals surface area contributed by atoms with Gasteiger partial charge in [-0.2, -0.15) is 0 Å². The summed E-state index contributed by atoms with van der Waals surface area (Å²) in [5.74, 6) is 1.82. The van der Waals surface area contributed by atoms with Crippen molar-refractivity contribution in [2.75, 3.05) is 13.2 Å². The average Bonchev–Trinajstić information content (AvgIpc) is 2.46. The second kappa shape index (κ2) is 5.61. The van der Waals surface area contributed by atoms with Crippen molar-refractivity contribution in [2.45, 2.75) is 6.42 Å². The van der Waals surface area contributed by atoms with Gasteiger partial charge >= 0.3 is 0 Å². The van der Waals surface area contributed by atoms with E-state index >= 15 is 0 Å². The van der Waals surface area contributed by atoms with E-state index in [0.29, 0.717) is 13.2 Å². The van der Waals surface area contributed by atoms with Crippen molar-refractivity contribution in [3.05, 3.63) is 59.7 Å². The third-order valence-electron chi connectivity index (χ3n) is 3.01. The minimum Gasteiger partial charge on any atom is -0.493 e. The Hall–Kier alpha value is -2.22. The molecule has 0 aromatic heterocycles. The largest absolute Gasteiger partial charge is 0.493 e. The fraction of sp³-hybridized carbons (Fsp3) is 0.176. The Morgan fingerprint density at radius 3 is 1.74 bits per heavy atom. The monoisotopic (exact) mass is 252 g/mol. The molecule has 0 saturated carbocycles. The van der Waals surface area contributed by atoms with Crippen LogP contribution in [0, 0.1) is 0 Å². The summed E-state index contributed by atoms with van der Waals surface area (Å²) >= 11 is 0. The standard InChI is InChI=1S/C17H16O2/c1-4-14-8-9-15-5-2-7-17(13-15)19-11-3-10-18-16(6-1)12-14/h1-2,4-9,12-13H,3,10-11H2. The third kappa shape index (κ3) is 3.16. The first-order chi connectivity index (χ1) is 9.40. The molecule has 2 heteroatoms. The van der Waals surface area contributed by atoms with Gasteiger partial charge < -0.3 is 9.47 Å². The molecular formula is C17H16O2. The van der Waals surface area contributed by atoms with E-state index in [1.165, 1.54) is 0 Å². The first-order valence-corrected chi connectivity index (χ1v) is 6.54. The maximum absolute atomic E-state index is 5.71. The zero-order chi connectivity index (χ0) is 12.9. The number of benzene rings is 2. The summed E-state index contributed by atoms with van der Waals surface area (Å²) in [5.41, 5.74) is 2.28. The lowest BCUT2D eigenvalue weighted by Gasteiger charge is -2.08. The maximum Gasteiger partial charge on any atom is 0.119 e. The molecular weight excluding hydrogens is 236 g/mol. The Balaban J connectivity index is 1.94. The summed E-state index contributed by atoms with van der Waals surface area (Å²) in [6.45, 7) is 1.35. The van der Waals surface area contributed by atoms with Crippen LogP contribution >= 0.6 is 0 Å². The van der Waals surface area contributed by atoms with Gasteiger partial charge in [0.2, 0.25) is 0 Å². The molecule has 2 aromatic rings. The molecule has 0 spiro atoms. The van der Waals surface area contributed by atoms with Gasteiger partial charge in [-0.05, 0) is 35.4 Å². The predicted octanol–water partition coefficient (Wildman–Crippen LogP) is 4.02. The number of fused-ring (bicyclic) bond motifs is 4. The molecule has 0 fully saturated rings. The SMILES string of the molecule is C1=Cc2cccc(c2)OCCCOc2cccc1c2. The van der Waals surface area contributed by atoms with Crippen LogP contribution in [0.15, 0.2) is 48.5 Å². The Labute approximate surface area is 113 Å². The first kappa shape index (κ1) is 11.8. The second-order valence-corrected chi connectivity index (χ2v) is 4.53. The number of ether oxygens (including phenoxy) is 2. The third-order valence-corrected chi connectivity index (χ3v) is 3.01. The molecule has 1 aliphatic heterocycles. The zero-order valence-corrected chi connectivity index (χ0v) is 10.7. The Morgan fingerprint density at radius 2 is 1.21 bits per heavy atom. The molecule has 2 aromatic carbocycles. The van der Waals surface area contributed by atoms with E-state index in [0.717, 1.165) is 29.0 Å². The van der Waals surface area contributed by atoms with Crippen molar-refractivity contribution in [2.24, 2.45) is 0 Å². The van der Waals surface area contributed by atoms with Crippen LogP contribution in [0.5, 0.6) is 11.5 Å². The van der Waals surface area contributed by atoms with Crippen molar-refractivity contribution in [3.8, 4) is 11.5 Å². The van der Waals surface area contributed by atoms with Crippen LogP contribution < -0.4 is 9.47 Å². The van der Waals surface area contributed by atoms with Gasteiger partial charge in [0, 0.05) is 6.42 Å². The highest BCUT2D eigenvalue weighted by Gasteiger charge is 1.99. The van der Waals surface area contributed by atoms with Crippen molar-refractivity contribution in [1.29, 1.82) is 0 Å². The van der Waals surface area contributed by atoms with Crippen LogP contribution in [0.1, 0.15) is 17.5 Å². The van der Waals surface area contributed by atoms with Crippen LogP contribution in [-0.4, -0.2) is 13.2 Å². The van der Waals surface area contributed by atoms with E-state index in [-0.39, 0.29) is 0 Å². The molecule has 19 heavy (non-hydrogen) atoms. The molecule has 0 radical (unpaired) electrons. The predicted molar refractivity (Wildman–Crippen MR) is 77.4 cm³/mol. The highest BCUT2D eigenvalue weighted by atomic mass is 16.5. The number of hydrogen-bond donors (Lipinski definition) is 0. The topological polar surface area (TPSA) is 18.5 Å². The minimum atomic E-state index is 0.673. The fourth-order valence-corrected chi connectivity index (χ4v) is 2.05. The minimum absolute atomic E-state index is 0.673. The van der Waals surface area contributed by atoms with E-state index in [4.69, 9.17) is 9.47 Å². The molecule has 0 aliphatic carbocycles. The van der Waals surface area contributed by atoms with Gasteiger partial charge in [0.15, 0.2) is 0 Å². The molecule has 96 valence electrons. The maximum atomic E-state index is 5.71. The molecule has 1 heterocycles. The fourth-order valence-electron chi connectivity index (χ4n) is 2.05. The molecule has 2 nitrogen and oxygen atoms in total. The molecule has 3 rings (SSSR count). The highest BCUT2D eigenvalue weighted by Crippen LogP contribution is 2.19. The Kier molecular flexibility index (Phi) is 3.50. The normalized spacial score (nSPS) is 14.3. The van der Waals surface area contributed by atoms with Crippen LogP contribution in [-0.2, 0) is 0 Å². The molecule has 0 amide bonds. The summed E-state index contributed by atoms with van der Waals surface area (Å²) < 4.78 is 11.4.